The van der Waals surface area contributed by atoms with Gasteiger partial charge in [0, 0.05) is 61.8 Å². The number of amides is 3. The number of H-pyrrole nitrogens is 1. The Kier molecular flexibility index (Phi) is 5.79. The lowest BCUT2D eigenvalue weighted by molar-refractivity contribution is -0.134. The molecule has 0 atom stereocenters. The van der Waals surface area contributed by atoms with Crippen LogP contribution in [0.1, 0.15) is 23.2 Å². The van der Waals surface area contributed by atoms with E-state index in [1.165, 1.54) is 0 Å². The molecule has 30 heavy (non-hydrogen) atoms. The molecule has 2 aromatic carbocycles. The highest BCUT2D eigenvalue weighted by molar-refractivity contribution is 6.06. The molecule has 4 rings (SSSR count). The van der Waals surface area contributed by atoms with E-state index in [-0.39, 0.29) is 30.6 Å². The average molecular weight is 404 g/mol. The standard InChI is InChI=1S/C23H24N4O3/c28-21(25-17-6-2-1-3-7-17)10-11-22(29)26-12-14-27(15-13-26)23(30)19-16-24-20-9-5-4-8-18(19)20/h1-9,16,24H,10-15H2,(H,25,28). The molecule has 0 saturated carbocycles. The van der Waals surface area contributed by atoms with Gasteiger partial charge in [-0.1, -0.05) is 36.4 Å². The van der Waals surface area contributed by atoms with Crippen LogP contribution in [0, 0.1) is 0 Å². The molecule has 2 N–H and O–H groups in total. The van der Waals surface area contributed by atoms with Gasteiger partial charge >= 0.3 is 0 Å². The Balaban J connectivity index is 1.26. The van der Waals surface area contributed by atoms with Crippen LogP contribution < -0.4 is 5.32 Å². The highest BCUT2D eigenvalue weighted by atomic mass is 16.2. The molecule has 1 aromatic heterocycles. The summed E-state index contributed by atoms with van der Waals surface area (Å²) in [6, 6.07) is 16.9. The van der Waals surface area contributed by atoms with Crippen molar-refractivity contribution in [3.05, 3.63) is 66.4 Å². The zero-order chi connectivity index (χ0) is 20.9. The predicted octanol–water partition coefficient (Wildman–Crippen LogP) is 2.87. The van der Waals surface area contributed by atoms with E-state index in [4.69, 9.17) is 0 Å². The van der Waals surface area contributed by atoms with Gasteiger partial charge in [0.15, 0.2) is 0 Å². The number of anilines is 1. The number of hydrogen-bond acceptors (Lipinski definition) is 3. The summed E-state index contributed by atoms with van der Waals surface area (Å²) in [6.07, 6.45) is 2.05. The Hall–Kier alpha value is -3.61. The number of aromatic amines is 1. The Labute approximate surface area is 174 Å². The monoisotopic (exact) mass is 404 g/mol. The first-order valence-corrected chi connectivity index (χ1v) is 10.1. The number of nitrogens with zero attached hydrogens (tertiary/aromatic N) is 2. The maximum Gasteiger partial charge on any atom is 0.256 e. The largest absolute Gasteiger partial charge is 0.360 e. The van der Waals surface area contributed by atoms with Gasteiger partial charge in [-0.15, -0.1) is 0 Å². The van der Waals surface area contributed by atoms with E-state index in [0.29, 0.717) is 31.7 Å². The normalized spacial score (nSPS) is 14.0. The molecule has 0 aliphatic carbocycles. The van der Waals surface area contributed by atoms with Crippen LogP contribution in [0.3, 0.4) is 0 Å². The molecule has 3 aromatic rings. The van der Waals surface area contributed by atoms with Crippen LogP contribution in [-0.2, 0) is 9.59 Å². The third-order valence-electron chi connectivity index (χ3n) is 5.36. The van der Waals surface area contributed by atoms with Crippen LogP contribution in [0.25, 0.3) is 10.9 Å². The van der Waals surface area contributed by atoms with E-state index < -0.39 is 0 Å². The molecule has 1 aliphatic heterocycles. The number of rotatable bonds is 5. The number of benzene rings is 2. The lowest BCUT2D eigenvalue weighted by Crippen LogP contribution is -2.50. The van der Waals surface area contributed by atoms with Crippen molar-refractivity contribution in [1.29, 1.82) is 0 Å². The Morgan fingerprint density at radius 3 is 2.27 bits per heavy atom. The van der Waals surface area contributed by atoms with E-state index in [0.717, 1.165) is 16.6 Å². The van der Waals surface area contributed by atoms with Crippen LogP contribution in [0.4, 0.5) is 5.69 Å². The quantitative estimate of drug-likeness (QED) is 0.686. The summed E-state index contributed by atoms with van der Waals surface area (Å²) in [7, 11) is 0. The van der Waals surface area contributed by atoms with Gasteiger partial charge in [0.25, 0.3) is 5.91 Å². The Morgan fingerprint density at radius 2 is 1.50 bits per heavy atom. The number of aromatic nitrogens is 1. The van der Waals surface area contributed by atoms with E-state index in [9.17, 15) is 14.4 Å². The number of nitrogens with one attached hydrogen (secondary N) is 2. The summed E-state index contributed by atoms with van der Waals surface area (Å²) in [4.78, 5) is 44.0. The van der Waals surface area contributed by atoms with Crippen molar-refractivity contribution in [3.63, 3.8) is 0 Å². The SMILES string of the molecule is O=C(CCC(=O)N1CCN(C(=O)c2c[nH]c3ccccc23)CC1)Nc1ccccc1. The average Bonchev–Trinajstić information content (AvgIpc) is 3.22. The highest BCUT2D eigenvalue weighted by Crippen LogP contribution is 2.20. The minimum Gasteiger partial charge on any atom is -0.360 e. The van der Waals surface area contributed by atoms with Crippen molar-refractivity contribution in [2.75, 3.05) is 31.5 Å². The fraction of sp³-hybridized carbons (Fsp3) is 0.261. The van der Waals surface area contributed by atoms with Gasteiger partial charge in [0.2, 0.25) is 11.8 Å². The molecule has 0 spiro atoms. The second kappa shape index (κ2) is 8.82. The molecule has 2 heterocycles. The van der Waals surface area contributed by atoms with Gasteiger partial charge in [-0.05, 0) is 18.2 Å². The molecular weight excluding hydrogens is 380 g/mol. The van der Waals surface area contributed by atoms with E-state index in [1.54, 1.807) is 16.0 Å². The predicted molar refractivity (Wildman–Crippen MR) is 115 cm³/mol. The minimum atomic E-state index is -0.178. The van der Waals surface area contributed by atoms with Crippen molar-refractivity contribution in [2.45, 2.75) is 12.8 Å². The fourth-order valence-corrected chi connectivity index (χ4v) is 3.70. The Morgan fingerprint density at radius 1 is 0.833 bits per heavy atom. The molecule has 1 aliphatic rings. The van der Waals surface area contributed by atoms with Gasteiger partial charge in [-0.25, -0.2) is 0 Å². The van der Waals surface area contributed by atoms with Crippen molar-refractivity contribution in [2.24, 2.45) is 0 Å². The van der Waals surface area contributed by atoms with Gasteiger partial charge in [-0.2, -0.15) is 0 Å². The smallest absolute Gasteiger partial charge is 0.256 e. The summed E-state index contributed by atoms with van der Waals surface area (Å²) in [5, 5.41) is 3.69. The second-order valence-electron chi connectivity index (χ2n) is 7.34. The Bertz CT molecular complexity index is 1050. The van der Waals surface area contributed by atoms with Crippen molar-refractivity contribution in [3.8, 4) is 0 Å². The molecule has 154 valence electrons. The topological polar surface area (TPSA) is 85.5 Å². The number of para-hydroxylation sites is 2. The third kappa shape index (κ3) is 4.35. The lowest BCUT2D eigenvalue weighted by atomic mass is 10.1. The fourth-order valence-electron chi connectivity index (χ4n) is 3.70. The number of hydrogen-bond donors (Lipinski definition) is 2. The summed E-state index contributed by atoms with van der Waals surface area (Å²) in [5.74, 6) is -0.262. The van der Waals surface area contributed by atoms with E-state index >= 15 is 0 Å². The molecule has 1 fully saturated rings. The summed E-state index contributed by atoms with van der Waals surface area (Å²) >= 11 is 0. The number of piperazine rings is 1. The molecule has 0 bridgehead atoms. The number of carbonyl (C=O) groups is 3. The molecule has 3 amide bonds. The minimum absolute atomic E-state index is 0.0261. The van der Waals surface area contributed by atoms with Gasteiger partial charge in [0.1, 0.15) is 0 Å². The molecule has 0 unspecified atom stereocenters. The van der Waals surface area contributed by atoms with Crippen molar-refractivity contribution < 1.29 is 14.4 Å². The van der Waals surface area contributed by atoms with Crippen molar-refractivity contribution in [1.82, 2.24) is 14.8 Å². The van der Waals surface area contributed by atoms with Crippen LogP contribution in [0.15, 0.2) is 60.8 Å². The van der Waals surface area contributed by atoms with Crippen LogP contribution in [0.2, 0.25) is 0 Å². The summed E-state index contributed by atoms with van der Waals surface area (Å²) < 4.78 is 0. The van der Waals surface area contributed by atoms with Gasteiger partial charge in [0.05, 0.1) is 5.56 Å². The number of fused-ring (bicyclic) bond motifs is 1. The van der Waals surface area contributed by atoms with Crippen LogP contribution in [0.5, 0.6) is 0 Å². The maximum absolute atomic E-state index is 12.9. The maximum atomic E-state index is 12.9. The summed E-state index contributed by atoms with van der Waals surface area (Å²) in [6.45, 7) is 1.93. The van der Waals surface area contributed by atoms with Gasteiger partial charge < -0.3 is 20.1 Å². The first kappa shape index (κ1) is 19.7. The lowest BCUT2D eigenvalue weighted by Gasteiger charge is -2.34. The third-order valence-corrected chi connectivity index (χ3v) is 5.36. The first-order valence-electron chi connectivity index (χ1n) is 10.1. The van der Waals surface area contributed by atoms with Crippen molar-refractivity contribution >= 4 is 34.3 Å². The zero-order valence-electron chi connectivity index (χ0n) is 16.6. The molecule has 7 nitrogen and oxygen atoms in total. The van der Waals surface area contributed by atoms with Crippen LogP contribution in [-0.4, -0.2) is 58.7 Å². The molecule has 1 saturated heterocycles. The zero-order valence-corrected chi connectivity index (χ0v) is 16.6. The molecule has 7 heteroatoms. The van der Waals surface area contributed by atoms with E-state index in [1.807, 2.05) is 54.6 Å². The second-order valence-corrected chi connectivity index (χ2v) is 7.34. The van der Waals surface area contributed by atoms with Crippen LogP contribution >= 0.6 is 0 Å². The molecular formula is C23H24N4O3. The molecule has 0 radical (unpaired) electrons. The van der Waals surface area contributed by atoms with Gasteiger partial charge in [-0.3, -0.25) is 14.4 Å². The number of carbonyl (C=O) groups excluding carboxylic acids is 3. The highest BCUT2D eigenvalue weighted by Gasteiger charge is 2.26. The first-order chi connectivity index (χ1) is 14.6. The summed E-state index contributed by atoms with van der Waals surface area (Å²) in [5.41, 5.74) is 2.31. The van der Waals surface area contributed by atoms with E-state index in [2.05, 4.69) is 10.3 Å².